The minimum absolute atomic E-state index is 0.472. The zero-order valence-corrected chi connectivity index (χ0v) is 22.0. The highest BCUT2D eigenvalue weighted by Crippen LogP contribution is 2.32. The van der Waals surface area contributed by atoms with Crippen molar-refractivity contribution in [2.75, 3.05) is 14.2 Å². The fourth-order valence-corrected chi connectivity index (χ4v) is 3.26. The van der Waals surface area contributed by atoms with Crippen LogP contribution in [0.5, 0.6) is 5.75 Å². The van der Waals surface area contributed by atoms with Gasteiger partial charge in [0.15, 0.2) is 0 Å². The van der Waals surface area contributed by atoms with Gasteiger partial charge in [-0.3, -0.25) is 4.99 Å². The monoisotopic (exact) mass is 468 g/mol. The number of ether oxygens (including phenoxy) is 1. The van der Waals surface area contributed by atoms with Crippen molar-refractivity contribution in [1.82, 2.24) is 5.32 Å². The maximum atomic E-state index is 9.33. The van der Waals surface area contributed by atoms with Gasteiger partial charge in [0.25, 0.3) is 0 Å². The van der Waals surface area contributed by atoms with E-state index in [0.29, 0.717) is 12.5 Å². The van der Waals surface area contributed by atoms with Gasteiger partial charge in [-0.25, -0.2) is 0 Å². The highest BCUT2D eigenvalue weighted by atomic mass is 32.2. The van der Waals surface area contributed by atoms with Crippen LogP contribution in [0.25, 0.3) is 0 Å². The Morgan fingerprint density at radius 1 is 1.12 bits per heavy atom. The summed E-state index contributed by atoms with van der Waals surface area (Å²) in [6, 6.07) is 17.1. The molecule has 2 aromatic carbocycles. The van der Waals surface area contributed by atoms with Crippen molar-refractivity contribution in [3.8, 4) is 5.75 Å². The second kappa shape index (κ2) is 18.9. The Labute approximate surface area is 205 Å². The first-order valence-corrected chi connectivity index (χ1v) is 12.3. The number of nitrogens with one attached hydrogen (secondary N) is 1. The van der Waals surface area contributed by atoms with Gasteiger partial charge in [0.05, 0.1) is 12.8 Å². The van der Waals surface area contributed by atoms with Crippen molar-refractivity contribution < 1.29 is 9.53 Å². The summed E-state index contributed by atoms with van der Waals surface area (Å²) in [7, 11) is 3.63. The minimum Gasteiger partial charge on any atom is -0.497 e. The molecular weight excluding hydrogens is 428 g/mol. The van der Waals surface area contributed by atoms with E-state index in [-0.39, 0.29) is 0 Å². The molecule has 0 aromatic heterocycles. The van der Waals surface area contributed by atoms with Crippen molar-refractivity contribution >= 4 is 23.8 Å². The van der Waals surface area contributed by atoms with E-state index < -0.39 is 0 Å². The predicted octanol–water partition coefficient (Wildman–Crippen LogP) is 7.29. The lowest BCUT2D eigenvalue weighted by molar-refractivity contribution is -0.107. The van der Waals surface area contributed by atoms with E-state index in [9.17, 15) is 4.79 Å². The maximum absolute atomic E-state index is 9.33. The first-order valence-electron chi connectivity index (χ1n) is 11.4. The van der Waals surface area contributed by atoms with Crippen molar-refractivity contribution in [2.24, 2.45) is 4.99 Å². The van der Waals surface area contributed by atoms with Gasteiger partial charge in [-0.05, 0) is 49.2 Å². The van der Waals surface area contributed by atoms with E-state index in [1.54, 1.807) is 24.9 Å². The predicted molar refractivity (Wildman–Crippen MR) is 146 cm³/mol. The van der Waals surface area contributed by atoms with Crippen LogP contribution in [0.3, 0.4) is 0 Å². The second-order valence-electron chi connectivity index (χ2n) is 6.90. The average molecular weight is 469 g/mol. The molecule has 1 aliphatic heterocycles. The van der Waals surface area contributed by atoms with Crippen LogP contribution in [0.2, 0.25) is 0 Å². The van der Waals surface area contributed by atoms with Crippen LogP contribution in [0.4, 0.5) is 0 Å². The van der Waals surface area contributed by atoms with Gasteiger partial charge in [0, 0.05) is 34.2 Å². The van der Waals surface area contributed by atoms with Crippen LogP contribution in [0.1, 0.15) is 58.6 Å². The molecule has 0 atom stereocenters. The standard InChI is InChI=1S/C18H17NOS.C4H11N.C4H6O.C2H6/c1-3-14-12-21-17-7-5-4-6-16(17)18(19-14)13-8-10-15(20-2)11-9-13;1-4(2)5-3;1-2-3-4-5;1-2/h4-12H,3H2,1-2H3;4-5H,1-3H3;2,4H,1,3H2;1-2H3. The Hall–Kier alpha value is -2.63. The smallest absolute Gasteiger partial charge is 0.123 e. The van der Waals surface area contributed by atoms with E-state index >= 15 is 0 Å². The molecule has 3 rings (SSSR count). The molecule has 180 valence electrons. The molecule has 4 nitrogen and oxygen atoms in total. The Balaban J connectivity index is 0.000000715. The fourth-order valence-electron chi connectivity index (χ4n) is 2.33. The number of carbonyl (C=O) groups excluding carboxylic acids is 1. The number of rotatable bonds is 6. The zero-order valence-electron chi connectivity index (χ0n) is 21.2. The highest BCUT2D eigenvalue weighted by Gasteiger charge is 2.15. The number of methoxy groups -OCH3 is 1. The molecule has 2 aromatic rings. The topological polar surface area (TPSA) is 50.7 Å². The van der Waals surface area contributed by atoms with Crippen molar-refractivity contribution in [2.45, 2.75) is 58.4 Å². The number of allylic oxidation sites excluding steroid dienone is 2. The van der Waals surface area contributed by atoms with Crippen molar-refractivity contribution in [3.63, 3.8) is 0 Å². The van der Waals surface area contributed by atoms with Crippen LogP contribution < -0.4 is 10.1 Å². The lowest BCUT2D eigenvalue weighted by atomic mass is 10.0. The Kier molecular flexibility index (Phi) is 17.4. The molecule has 1 aliphatic rings. The summed E-state index contributed by atoms with van der Waals surface area (Å²) in [5.41, 5.74) is 4.45. The number of hydrogen-bond acceptors (Lipinski definition) is 5. The lowest BCUT2D eigenvalue weighted by Crippen LogP contribution is -2.15. The van der Waals surface area contributed by atoms with Crippen LogP contribution in [-0.2, 0) is 4.79 Å². The third kappa shape index (κ3) is 11.7. The number of aliphatic imine (C=N–C) groups is 1. The van der Waals surface area contributed by atoms with Gasteiger partial charge in [0.2, 0.25) is 0 Å². The second-order valence-corrected chi connectivity index (χ2v) is 7.81. The quantitative estimate of drug-likeness (QED) is 0.357. The number of fused-ring (bicyclic) bond motifs is 1. The van der Waals surface area contributed by atoms with E-state index in [4.69, 9.17) is 9.73 Å². The third-order valence-electron chi connectivity index (χ3n) is 4.29. The Bertz CT molecular complexity index is 866. The molecular formula is C28H40N2O2S. The molecule has 0 amide bonds. The number of aldehydes is 1. The van der Waals surface area contributed by atoms with E-state index in [1.807, 2.05) is 33.0 Å². The van der Waals surface area contributed by atoms with E-state index in [2.05, 4.69) is 74.5 Å². The summed E-state index contributed by atoms with van der Waals surface area (Å²) in [6.45, 7) is 13.7. The molecule has 33 heavy (non-hydrogen) atoms. The largest absolute Gasteiger partial charge is 0.497 e. The first kappa shape index (κ1) is 30.4. The third-order valence-corrected chi connectivity index (χ3v) is 5.29. The van der Waals surface area contributed by atoms with Crippen LogP contribution >= 0.6 is 11.8 Å². The number of carbonyl (C=O) groups is 1. The molecule has 5 heteroatoms. The normalized spacial score (nSPS) is 11.4. The number of benzene rings is 2. The Morgan fingerprint density at radius 3 is 2.18 bits per heavy atom. The van der Waals surface area contributed by atoms with Crippen molar-refractivity contribution in [1.29, 1.82) is 0 Å². The number of thioether (sulfide) groups is 1. The summed E-state index contributed by atoms with van der Waals surface area (Å²) in [5, 5.41) is 5.18. The van der Waals surface area contributed by atoms with Gasteiger partial charge >= 0.3 is 0 Å². The van der Waals surface area contributed by atoms with Crippen LogP contribution in [0.15, 0.2) is 82.2 Å². The molecule has 0 saturated carbocycles. The van der Waals surface area contributed by atoms with E-state index in [0.717, 1.165) is 35.4 Å². The highest BCUT2D eigenvalue weighted by molar-refractivity contribution is 8.02. The molecule has 0 radical (unpaired) electrons. The summed E-state index contributed by atoms with van der Waals surface area (Å²) in [4.78, 5) is 15.5. The van der Waals surface area contributed by atoms with Gasteiger partial charge in [0.1, 0.15) is 12.0 Å². The zero-order chi connectivity index (χ0) is 25.1. The summed E-state index contributed by atoms with van der Waals surface area (Å²) in [5.74, 6) is 0.863. The fraction of sp³-hybridized carbons (Fsp3) is 0.357. The summed E-state index contributed by atoms with van der Waals surface area (Å²) < 4.78 is 5.24. The number of hydrogen-bond donors (Lipinski definition) is 1. The Morgan fingerprint density at radius 2 is 1.73 bits per heavy atom. The molecule has 0 aliphatic carbocycles. The summed E-state index contributed by atoms with van der Waals surface area (Å²) in [6.07, 6.45) is 3.78. The van der Waals surface area contributed by atoms with Crippen molar-refractivity contribution in [3.05, 3.63) is 83.4 Å². The maximum Gasteiger partial charge on any atom is 0.123 e. The molecule has 0 saturated heterocycles. The molecule has 0 bridgehead atoms. The van der Waals surface area contributed by atoms with Crippen LogP contribution in [0, 0.1) is 0 Å². The van der Waals surface area contributed by atoms with Gasteiger partial charge in [-0.2, -0.15) is 0 Å². The average Bonchev–Trinajstić information content (AvgIpc) is 3.06. The molecule has 0 fully saturated rings. The molecule has 1 heterocycles. The molecule has 1 N–H and O–H groups in total. The van der Waals surface area contributed by atoms with Gasteiger partial charge in [-0.1, -0.05) is 70.7 Å². The number of nitrogens with zero attached hydrogens (tertiary/aromatic N) is 1. The van der Waals surface area contributed by atoms with E-state index in [1.165, 1.54) is 10.5 Å². The minimum atomic E-state index is 0.472. The lowest BCUT2D eigenvalue weighted by Gasteiger charge is -2.10. The van der Waals surface area contributed by atoms with Crippen LogP contribution in [-0.4, -0.2) is 32.2 Å². The molecule has 0 spiro atoms. The van der Waals surface area contributed by atoms with Gasteiger partial charge < -0.3 is 14.8 Å². The first-order chi connectivity index (χ1) is 16.0. The molecule has 0 unspecified atom stereocenters. The SMILES string of the molecule is C=CCC=O.CC.CCC1=CSc2ccccc2C(c2ccc(OC)cc2)=N1.CNC(C)C. The van der Waals surface area contributed by atoms with Gasteiger partial charge in [-0.15, -0.1) is 6.58 Å². The summed E-state index contributed by atoms with van der Waals surface area (Å²) >= 11 is 1.75.